The van der Waals surface area contributed by atoms with Gasteiger partial charge in [0.05, 0.1) is 11.8 Å². The van der Waals surface area contributed by atoms with E-state index in [1.54, 1.807) is 29.0 Å². The van der Waals surface area contributed by atoms with Crippen molar-refractivity contribution in [3.05, 3.63) is 52.2 Å². The summed E-state index contributed by atoms with van der Waals surface area (Å²) in [7, 11) is 0. The highest BCUT2D eigenvalue weighted by Gasteiger charge is 2.29. The quantitative estimate of drug-likeness (QED) is 0.466. The Morgan fingerprint density at radius 3 is 2.93 bits per heavy atom. The molecule has 4 aromatic heterocycles. The number of pyridine rings is 2. The molecule has 2 atom stereocenters. The Hall–Kier alpha value is -2.77. The Morgan fingerprint density at radius 1 is 1.24 bits per heavy atom. The highest BCUT2D eigenvalue weighted by molar-refractivity contribution is 6.30. The van der Waals surface area contributed by atoms with E-state index in [0.717, 1.165) is 19.3 Å². The minimum absolute atomic E-state index is 0.0458. The predicted molar refractivity (Wildman–Crippen MR) is 110 cm³/mol. The van der Waals surface area contributed by atoms with Crippen molar-refractivity contribution >= 4 is 33.8 Å². The zero-order valence-electron chi connectivity index (χ0n) is 15.8. The summed E-state index contributed by atoms with van der Waals surface area (Å²) in [4.78, 5) is 26.4. The molecule has 0 spiro atoms. The largest absolute Gasteiger partial charge is 0.450 e. The molecule has 1 aliphatic rings. The van der Waals surface area contributed by atoms with E-state index in [0.29, 0.717) is 45.3 Å². The molecule has 5 rings (SSSR count). The van der Waals surface area contributed by atoms with Gasteiger partial charge in [0.1, 0.15) is 21.9 Å². The van der Waals surface area contributed by atoms with E-state index in [2.05, 4.69) is 21.9 Å². The van der Waals surface area contributed by atoms with E-state index in [-0.39, 0.29) is 17.8 Å². The maximum atomic E-state index is 13.2. The van der Waals surface area contributed by atoms with Crippen LogP contribution in [-0.2, 0) is 4.74 Å². The van der Waals surface area contributed by atoms with Crippen molar-refractivity contribution < 1.29 is 9.15 Å². The van der Waals surface area contributed by atoms with Gasteiger partial charge in [0.25, 0.3) is 0 Å². The van der Waals surface area contributed by atoms with Gasteiger partial charge in [-0.15, -0.1) is 0 Å². The van der Waals surface area contributed by atoms with E-state index >= 15 is 0 Å². The fraction of sp³-hybridized carbons (Fsp3) is 0.333. The van der Waals surface area contributed by atoms with Crippen LogP contribution < -0.4 is 5.69 Å². The number of halogens is 1. The lowest BCUT2D eigenvalue weighted by atomic mass is 10.0. The van der Waals surface area contributed by atoms with E-state index in [1.165, 1.54) is 0 Å². The van der Waals surface area contributed by atoms with E-state index in [9.17, 15) is 4.79 Å². The number of ether oxygens (including phenoxy) is 1. The van der Waals surface area contributed by atoms with Crippen LogP contribution in [0.25, 0.3) is 33.6 Å². The molecule has 0 aromatic carbocycles. The van der Waals surface area contributed by atoms with Crippen LogP contribution in [0, 0.1) is 0 Å². The smallest absolute Gasteiger partial charge is 0.349 e. The molecule has 0 saturated carbocycles. The summed E-state index contributed by atoms with van der Waals surface area (Å²) in [5, 5.41) is 0.341. The first-order valence-corrected chi connectivity index (χ1v) is 10.1. The zero-order valence-corrected chi connectivity index (χ0v) is 16.6. The molecule has 0 bridgehead atoms. The van der Waals surface area contributed by atoms with E-state index in [1.807, 2.05) is 12.1 Å². The van der Waals surface area contributed by atoms with Crippen molar-refractivity contribution in [3.63, 3.8) is 0 Å². The summed E-state index contributed by atoms with van der Waals surface area (Å²) in [6.45, 7) is 2.69. The normalized spacial score (nSPS) is 19.8. The lowest BCUT2D eigenvalue weighted by molar-refractivity contribution is -0.00710. The topological polar surface area (TPSA) is 83.0 Å². The average molecular weight is 411 g/mol. The number of hydrogen-bond donors (Lipinski definition) is 0. The minimum Gasteiger partial charge on any atom is -0.450 e. The Kier molecular flexibility index (Phi) is 4.56. The molecule has 0 unspecified atom stereocenters. The second-order valence-corrected chi connectivity index (χ2v) is 7.55. The van der Waals surface area contributed by atoms with Gasteiger partial charge in [-0.3, -0.25) is 9.55 Å². The van der Waals surface area contributed by atoms with Crippen molar-refractivity contribution in [1.82, 2.24) is 19.5 Å². The molecular formula is C21H19ClN4O3. The van der Waals surface area contributed by atoms with Gasteiger partial charge in [0.15, 0.2) is 11.2 Å². The second-order valence-electron chi connectivity index (χ2n) is 7.17. The molecule has 0 radical (unpaired) electrons. The summed E-state index contributed by atoms with van der Waals surface area (Å²) < 4.78 is 13.6. The first-order valence-electron chi connectivity index (χ1n) is 9.70. The number of rotatable bonds is 3. The Bertz CT molecular complexity index is 1250. The third-order valence-corrected chi connectivity index (χ3v) is 5.62. The maximum Gasteiger partial charge on any atom is 0.349 e. The summed E-state index contributed by atoms with van der Waals surface area (Å²) in [5.74, 6) is 0. The molecule has 1 aliphatic heterocycles. The van der Waals surface area contributed by atoms with Gasteiger partial charge in [-0.05, 0) is 43.5 Å². The van der Waals surface area contributed by atoms with Crippen LogP contribution in [0.5, 0.6) is 0 Å². The maximum absolute atomic E-state index is 13.2. The van der Waals surface area contributed by atoms with Crippen LogP contribution >= 0.6 is 11.6 Å². The van der Waals surface area contributed by atoms with Gasteiger partial charge in [-0.1, -0.05) is 24.6 Å². The molecule has 0 aliphatic carbocycles. The Balaban J connectivity index is 1.84. The molecule has 148 valence electrons. The third-order valence-electron chi connectivity index (χ3n) is 5.41. The zero-order chi connectivity index (χ0) is 20.0. The van der Waals surface area contributed by atoms with Gasteiger partial charge < -0.3 is 9.15 Å². The number of furan rings is 1. The lowest BCUT2D eigenvalue weighted by Gasteiger charge is -2.30. The van der Waals surface area contributed by atoms with Gasteiger partial charge in [0, 0.05) is 18.8 Å². The van der Waals surface area contributed by atoms with Crippen molar-refractivity contribution in [2.75, 3.05) is 6.61 Å². The third kappa shape index (κ3) is 3.10. The fourth-order valence-electron chi connectivity index (χ4n) is 4.01. The molecule has 4 aromatic rings. The fourth-order valence-corrected chi connectivity index (χ4v) is 4.16. The molecule has 0 amide bonds. The molecule has 7 nitrogen and oxygen atoms in total. The van der Waals surface area contributed by atoms with Crippen molar-refractivity contribution in [1.29, 1.82) is 0 Å². The summed E-state index contributed by atoms with van der Waals surface area (Å²) in [6, 6.07) is 8.86. The number of fused-ring (bicyclic) bond motifs is 3. The summed E-state index contributed by atoms with van der Waals surface area (Å²) in [5.41, 5.74) is 2.87. The molecule has 1 saturated heterocycles. The monoisotopic (exact) mass is 410 g/mol. The van der Waals surface area contributed by atoms with Crippen LogP contribution in [0.3, 0.4) is 0 Å². The number of nitrogens with zero attached hydrogens (tertiary/aromatic N) is 4. The average Bonchev–Trinajstić information content (AvgIpc) is 3.12. The SMILES string of the molecule is CC[C@H]1C[C@@H](n2c(=O)nc(-c3ccccn3)c3oc4ccc(Cl)nc4c32)CCO1. The molecule has 8 heteroatoms. The second kappa shape index (κ2) is 7.24. The first kappa shape index (κ1) is 18.3. The van der Waals surface area contributed by atoms with Gasteiger partial charge in [0.2, 0.25) is 0 Å². The number of aromatic nitrogens is 4. The van der Waals surface area contributed by atoms with Crippen LogP contribution in [-0.4, -0.2) is 32.2 Å². The van der Waals surface area contributed by atoms with Crippen LogP contribution in [0.1, 0.15) is 32.2 Å². The van der Waals surface area contributed by atoms with Crippen LogP contribution in [0.2, 0.25) is 5.15 Å². The van der Waals surface area contributed by atoms with Crippen LogP contribution in [0.15, 0.2) is 45.7 Å². The highest BCUT2D eigenvalue weighted by atomic mass is 35.5. The Labute approximate surface area is 171 Å². The lowest BCUT2D eigenvalue weighted by Crippen LogP contribution is -2.34. The molecule has 0 N–H and O–H groups in total. The predicted octanol–water partition coefficient (Wildman–Crippen LogP) is 4.38. The van der Waals surface area contributed by atoms with Gasteiger partial charge in [-0.25, -0.2) is 9.78 Å². The van der Waals surface area contributed by atoms with E-state index in [4.69, 9.17) is 20.8 Å². The van der Waals surface area contributed by atoms with Crippen molar-refractivity contribution in [3.8, 4) is 11.4 Å². The standard InChI is InChI=1S/C21H19ClN4O3/c1-2-13-11-12(8-10-28-13)26-19-18-15(6-7-16(22)24-18)29-20(19)17(25-21(26)27)14-5-3-4-9-23-14/h3-7,9,12-13H,2,8,10-11H2,1H3/t12-,13-/m0/s1. The molecular weight excluding hydrogens is 392 g/mol. The van der Waals surface area contributed by atoms with Gasteiger partial charge in [-0.2, -0.15) is 4.98 Å². The number of hydrogen-bond acceptors (Lipinski definition) is 6. The summed E-state index contributed by atoms with van der Waals surface area (Å²) >= 11 is 6.17. The first-order chi connectivity index (χ1) is 14.2. The highest BCUT2D eigenvalue weighted by Crippen LogP contribution is 2.36. The summed E-state index contributed by atoms with van der Waals surface area (Å²) in [6.07, 6.45) is 4.13. The minimum atomic E-state index is -0.343. The van der Waals surface area contributed by atoms with E-state index < -0.39 is 0 Å². The molecule has 29 heavy (non-hydrogen) atoms. The van der Waals surface area contributed by atoms with Crippen LogP contribution in [0.4, 0.5) is 0 Å². The van der Waals surface area contributed by atoms with Crippen molar-refractivity contribution in [2.45, 2.75) is 38.3 Å². The Morgan fingerprint density at radius 2 is 2.14 bits per heavy atom. The van der Waals surface area contributed by atoms with Crippen molar-refractivity contribution in [2.24, 2.45) is 0 Å². The molecule has 1 fully saturated rings. The van der Waals surface area contributed by atoms with Gasteiger partial charge >= 0.3 is 5.69 Å². The molecule has 5 heterocycles.